The molecule has 7 nitrogen and oxygen atoms in total. The lowest BCUT2D eigenvalue weighted by molar-refractivity contribution is -0.122. The zero-order chi connectivity index (χ0) is 20.6. The van der Waals surface area contributed by atoms with Crippen LogP contribution in [0.25, 0.3) is 0 Å². The van der Waals surface area contributed by atoms with Gasteiger partial charge in [-0.3, -0.25) is 14.8 Å². The summed E-state index contributed by atoms with van der Waals surface area (Å²) in [5.74, 6) is 0.285. The molecule has 1 aromatic rings. The fraction of sp³-hybridized carbons (Fsp3) is 0.500. The highest BCUT2D eigenvalue weighted by molar-refractivity contribution is 8.00. The highest BCUT2D eigenvalue weighted by Gasteiger charge is 2.23. The molecule has 1 aliphatic heterocycles. The molecule has 1 aliphatic carbocycles. The summed E-state index contributed by atoms with van der Waals surface area (Å²) in [6.45, 7) is 3.42. The minimum absolute atomic E-state index is 0.00373. The van der Waals surface area contributed by atoms with Gasteiger partial charge < -0.3 is 14.4 Å². The molecule has 2 fully saturated rings. The third-order valence-electron chi connectivity index (χ3n) is 4.64. The minimum Gasteiger partial charge on any atom is -0.490 e. The standard InChI is InChI=1S/C20H26FN3O4S/c1-14(16-5-6-17(21)18(11-16)28-12-15-3-4-15)23-29-10-2-9-27-13-24-8-7-19(25)22-20(24)26/h2,5-6,10-11,14-15,23H,3-4,7-9,12-13H2,1H3,(H,22,25,26)/b10-2+. The molecule has 0 aromatic heterocycles. The Bertz CT molecular complexity index is 757. The lowest BCUT2D eigenvalue weighted by Gasteiger charge is -2.25. The SMILES string of the molecule is CC(NS/C=C/COCN1CCC(=O)NC1=O)c1ccc(F)c(OCC2CC2)c1. The van der Waals surface area contributed by atoms with E-state index < -0.39 is 6.03 Å². The second kappa shape index (κ2) is 10.6. The van der Waals surface area contributed by atoms with E-state index in [1.165, 1.54) is 22.9 Å². The van der Waals surface area contributed by atoms with E-state index in [0.29, 0.717) is 37.8 Å². The maximum Gasteiger partial charge on any atom is 0.325 e. The van der Waals surface area contributed by atoms with Crippen molar-refractivity contribution in [3.8, 4) is 5.75 Å². The quantitative estimate of drug-likeness (QED) is 0.420. The predicted octanol–water partition coefficient (Wildman–Crippen LogP) is 3.34. The molecule has 2 N–H and O–H groups in total. The predicted molar refractivity (Wildman–Crippen MR) is 109 cm³/mol. The zero-order valence-corrected chi connectivity index (χ0v) is 17.2. The Morgan fingerprint density at radius 1 is 1.41 bits per heavy atom. The van der Waals surface area contributed by atoms with E-state index in [0.717, 1.165) is 18.4 Å². The molecule has 158 valence electrons. The van der Waals surface area contributed by atoms with Crippen LogP contribution in [-0.4, -0.2) is 43.3 Å². The summed E-state index contributed by atoms with van der Waals surface area (Å²) in [5.41, 5.74) is 0.944. The minimum atomic E-state index is -0.421. The van der Waals surface area contributed by atoms with Gasteiger partial charge in [-0.15, -0.1) is 0 Å². The van der Waals surface area contributed by atoms with Gasteiger partial charge in [-0.25, -0.2) is 9.18 Å². The number of imide groups is 1. The molecule has 1 saturated heterocycles. The Morgan fingerprint density at radius 2 is 2.24 bits per heavy atom. The van der Waals surface area contributed by atoms with Crippen LogP contribution in [0.5, 0.6) is 5.75 Å². The second-order valence-corrected chi connectivity index (χ2v) is 7.88. The Labute approximate surface area is 174 Å². The first-order valence-electron chi connectivity index (χ1n) is 9.68. The number of carbonyl (C=O) groups excluding carboxylic acids is 2. The summed E-state index contributed by atoms with van der Waals surface area (Å²) in [4.78, 5) is 24.1. The molecule has 1 unspecified atom stereocenters. The molecule has 3 amide bonds. The van der Waals surface area contributed by atoms with Crippen molar-refractivity contribution in [1.82, 2.24) is 14.9 Å². The molecule has 9 heteroatoms. The number of rotatable bonds is 11. The fourth-order valence-electron chi connectivity index (χ4n) is 2.64. The van der Waals surface area contributed by atoms with Gasteiger partial charge >= 0.3 is 6.03 Å². The molecule has 0 radical (unpaired) electrons. The highest BCUT2D eigenvalue weighted by Crippen LogP contribution is 2.31. The summed E-state index contributed by atoms with van der Waals surface area (Å²) in [5, 5.41) is 4.10. The first kappa shape index (κ1) is 21.6. The van der Waals surface area contributed by atoms with Gasteiger partial charge in [0.15, 0.2) is 11.6 Å². The van der Waals surface area contributed by atoms with Crippen molar-refractivity contribution in [2.75, 3.05) is 26.5 Å². The second-order valence-electron chi connectivity index (χ2n) is 7.14. The average Bonchev–Trinajstić information content (AvgIpc) is 3.52. The number of amides is 3. The van der Waals surface area contributed by atoms with E-state index in [-0.39, 0.29) is 24.5 Å². The smallest absolute Gasteiger partial charge is 0.325 e. The molecule has 1 atom stereocenters. The normalized spacial score (nSPS) is 18.2. The van der Waals surface area contributed by atoms with Gasteiger partial charge in [0, 0.05) is 19.0 Å². The van der Waals surface area contributed by atoms with Crippen molar-refractivity contribution in [2.24, 2.45) is 5.92 Å². The van der Waals surface area contributed by atoms with Gasteiger partial charge in [-0.05, 0) is 48.8 Å². The maximum atomic E-state index is 13.9. The number of benzene rings is 1. The fourth-order valence-corrected chi connectivity index (χ4v) is 3.24. The summed E-state index contributed by atoms with van der Waals surface area (Å²) in [6.07, 6.45) is 4.44. The van der Waals surface area contributed by atoms with Crippen molar-refractivity contribution in [3.63, 3.8) is 0 Å². The van der Waals surface area contributed by atoms with Crippen LogP contribution in [0.15, 0.2) is 29.7 Å². The van der Waals surface area contributed by atoms with Crippen molar-refractivity contribution in [1.29, 1.82) is 0 Å². The van der Waals surface area contributed by atoms with E-state index in [1.807, 2.05) is 18.4 Å². The first-order chi connectivity index (χ1) is 14.0. The summed E-state index contributed by atoms with van der Waals surface area (Å²) in [7, 11) is 0. The number of nitrogens with zero attached hydrogens (tertiary/aromatic N) is 1. The number of urea groups is 1. The van der Waals surface area contributed by atoms with E-state index in [1.54, 1.807) is 12.1 Å². The number of carbonyl (C=O) groups is 2. The molecular formula is C20H26FN3O4S. The molecule has 1 heterocycles. The number of halogens is 1. The van der Waals surface area contributed by atoms with Crippen molar-refractivity contribution in [3.05, 3.63) is 41.1 Å². The number of hydrogen-bond donors (Lipinski definition) is 2. The van der Waals surface area contributed by atoms with Gasteiger partial charge in [0.1, 0.15) is 6.73 Å². The number of hydrogen-bond acceptors (Lipinski definition) is 6. The monoisotopic (exact) mass is 423 g/mol. The zero-order valence-electron chi connectivity index (χ0n) is 16.4. The third kappa shape index (κ3) is 7.02. The Morgan fingerprint density at radius 3 is 3.00 bits per heavy atom. The van der Waals surface area contributed by atoms with Crippen molar-refractivity contribution >= 4 is 23.9 Å². The van der Waals surface area contributed by atoms with E-state index in [2.05, 4.69) is 10.0 Å². The molecule has 2 aliphatic rings. The molecule has 1 saturated carbocycles. The van der Waals surface area contributed by atoms with E-state index in [4.69, 9.17) is 9.47 Å². The molecule has 3 rings (SSSR count). The average molecular weight is 424 g/mol. The van der Waals surface area contributed by atoms with E-state index in [9.17, 15) is 14.0 Å². The van der Waals surface area contributed by atoms with Crippen LogP contribution in [0, 0.1) is 11.7 Å². The molecule has 0 bridgehead atoms. The Balaban J connectivity index is 1.33. The van der Waals surface area contributed by atoms with Crippen molar-refractivity contribution in [2.45, 2.75) is 32.2 Å². The van der Waals surface area contributed by atoms with Crippen LogP contribution in [0.4, 0.5) is 9.18 Å². The lowest BCUT2D eigenvalue weighted by Crippen LogP contribution is -2.50. The molecule has 0 spiro atoms. The van der Waals surface area contributed by atoms with E-state index >= 15 is 0 Å². The van der Waals surface area contributed by atoms with Crippen LogP contribution in [0.2, 0.25) is 0 Å². The van der Waals surface area contributed by atoms with Crippen LogP contribution in [-0.2, 0) is 9.53 Å². The number of nitrogens with one attached hydrogen (secondary N) is 2. The lowest BCUT2D eigenvalue weighted by atomic mass is 10.1. The Kier molecular flexibility index (Phi) is 7.91. The van der Waals surface area contributed by atoms with Gasteiger partial charge in [0.2, 0.25) is 5.91 Å². The first-order valence-corrected chi connectivity index (χ1v) is 10.6. The summed E-state index contributed by atoms with van der Waals surface area (Å²) >= 11 is 1.40. The van der Waals surface area contributed by atoms with Gasteiger partial charge in [-0.2, -0.15) is 0 Å². The largest absolute Gasteiger partial charge is 0.490 e. The van der Waals surface area contributed by atoms with Crippen molar-refractivity contribution < 1.29 is 23.5 Å². The van der Waals surface area contributed by atoms with Gasteiger partial charge in [0.25, 0.3) is 0 Å². The van der Waals surface area contributed by atoms with Crippen LogP contribution >= 0.6 is 11.9 Å². The molecule has 1 aromatic carbocycles. The summed E-state index contributed by atoms with van der Waals surface area (Å²) < 4.78 is 28.2. The summed E-state index contributed by atoms with van der Waals surface area (Å²) in [6, 6.07) is 4.52. The molecular weight excluding hydrogens is 397 g/mol. The topological polar surface area (TPSA) is 79.9 Å². The van der Waals surface area contributed by atoms with Gasteiger partial charge in [-0.1, -0.05) is 24.1 Å². The van der Waals surface area contributed by atoms with Gasteiger partial charge in [0.05, 0.1) is 13.2 Å². The number of ether oxygens (including phenoxy) is 2. The van der Waals surface area contributed by atoms with Crippen LogP contribution < -0.4 is 14.8 Å². The Hall–Kier alpha value is -2.10. The highest BCUT2D eigenvalue weighted by atomic mass is 32.2. The van der Waals surface area contributed by atoms with Crippen LogP contribution in [0.1, 0.15) is 37.8 Å². The molecule has 29 heavy (non-hydrogen) atoms. The van der Waals surface area contributed by atoms with Crippen LogP contribution in [0.3, 0.4) is 0 Å². The third-order valence-corrected chi connectivity index (χ3v) is 5.46. The maximum absolute atomic E-state index is 13.9.